The molecule has 2 N–H and O–H groups in total. The van der Waals surface area contributed by atoms with Gasteiger partial charge in [0.05, 0.1) is 4.92 Å². The number of aliphatic hydroxyl groups excluding tert-OH is 1. The van der Waals surface area contributed by atoms with E-state index in [0.29, 0.717) is 17.1 Å². The number of hydrogen-bond acceptors (Lipinski definition) is 4. The predicted molar refractivity (Wildman–Crippen MR) is 79.9 cm³/mol. The van der Waals surface area contributed by atoms with Gasteiger partial charge in [0.1, 0.15) is 0 Å². The molecule has 0 spiro atoms. The van der Waals surface area contributed by atoms with E-state index in [1.54, 1.807) is 12.1 Å². The quantitative estimate of drug-likeness (QED) is 0.571. The van der Waals surface area contributed by atoms with Gasteiger partial charge in [-0.15, -0.1) is 0 Å². The van der Waals surface area contributed by atoms with Crippen LogP contribution in [0.5, 0.6) is 0 Å². The molecule has 1 rings (SSSR count). The molecule has 0 unspecified atom stereocenters. The Kier molecular flexibility index (Phi) is 6.39. The van der Waals surface area contributed by atoms with Crippen LogP contribution in [0.15, 0.2) is 18.2 Å². The first-order valence-electron chi connectivity index (χ1n) is 6.60. The lowest BCUT2D eigenvalue weighted by atomic mass is 9.88. The zero-order valence-electron chi connectivity index (χ0n) is 11.9. The Morgan fingerprint density at radius 1 is 1.45 bits per heavy atom. The predicted octanol–water partition coefficient (Wildman–Crippen LogP) is 3.14. The van der Waals surface area contributed by atoms with E-state index in [0.717, 1.165) is 19.4 Å². The molecule has 0 atom stereocenters. The highest BCUT2D eigenvalue weighted by Crippen LogP contribution is 2.24. The van der Waals surface area contributed by atoms with Gasteiger partial charge in [-0.05, 0) is 30.4 Å². The molecule has 0 heterocycles. The summed E-state index contributed by atoms with van der Waals surface area (Å²) in [6.45, 7) is 5.55. The molecular weight excluding hydrogens is 280 g/mol. The summed E-state index contributed by atoms with van der Waals surface area (Å²) >= 11 is 5.78. The average molecular weight is 301 g/mol. The first-order valence-corrected chi connectivity index (χ1v) is 6.98. The van der Waals surface area contributed by atoms with Crippen molar-refractivity contribution < 1.29 is 10.0 Å². The Labute approximate surface area is 124 Å². The molecule has 0 bridgehead atoms. The van der Waals surface area contributed by atoms with Crippen LogP contribution in [-0.4, -0.2) is 23.2 Å². The van der Waals surface area contributed by atoms with Gasteiger partial charge >= 0.3 is 0 Å². The van der Waals surface area contributed by atoms with Crippen LogP contribution in [0.4, 0.5) is 5.69 Å². The minimum Gasteiger partial charge on any atom is -0.396 e. The summed E-state index contributed by atoms with van der Waals surface area (Å²) in [5, 5.41) is 23.4. The Morgan fingerprint density at radius 3 is 2.75 bits per heavy atom. The number of benzene rings is 1. The number of halogens is 1. The van der Waals surface area contributed by atoms with E-state index in [4.69, 9.17) is 16.7 Å². The number of aliphatic hydroxyl groups is 1. The number of nitro benzene ring substituents is 1. The third kappa shape index (κ3) is 5.45. The fourth-order valence-electron chi connectivity index (χ4n) is 2.04. The first-order chi connectivity index (χ1) is 9.35. The third-order valence-corrected chi connectivity index (χ3v) is 3.41. The van der Waals surface area contributed by atoms with Crippen molar-refractivity contribution in [3.63, 3.8) is 0 Å². The fraction of sp³-hybridized carbons (Fsp3) is 0.571. The minimum absolute atomic E-state index is 0.0400. The molecule has 0 radical (unpaired) electrons. The summed E-state index contributed by atoms with van der Waals surface area (Å²) < 4.78 is 0. The largest absolute Gasteiger partial charge is 0.396 e. The Morgan fingerprint density at radius 2 is 2.15 bits per heavy atom. The molecule has 20 heavy (non-hydrogen) atoms. The number of rotatable bonds is 8. The van der Waals surface area contributed by atoms with E-state index in [2.05, 4.69) is 19.2 Å². The van der Waals surface area contributed by atoms with Crippen LogP contribution in [0, 0.1) is 15.5 Å². The summed E-state index contributed by atoms with van der Waals surface area (Å²) in [4.78, 5) is 10.5. The van der Waals surface area contributed by atoms with Gasteiger partial charge in [-0.1, -0.05) is 25.4 Å². The topological polar surface area (TPSA) is 75.4 Å². The highest BCUT2D eigenvalue weighted by molar-refractivity contribution is 6.30. The maximum absolute atomic E-state index is 11.0. The van der Waals surface area contributed by atoms with Crippen LogP contribution in [0.1, 0.15) is 32.3 Å². The van der Waals surface area contributed by atoms with Crippen molar-refractivity contribution in [1.29, 1.82) is 0 Å². The molecule has 1 aromatic rings. The van der Waals surface area contributed by atoms with Gasteiger partial charge in [-0.3, -0.25) is 10.1 Å². The summed E-state index contributed by atoms with van der Waals surface area (Å²) in [6, 6.07) is 4.70. The van der Waals surface area contributed by atoms with Crippen LogP contribution in [0.25, 0.3) is 0 Å². The zero-order chi connectivity index (χ0) is 15.2. The molecular formula is C14H21ClN2O3. The van der Waals surface area contributed by atoms with Gasteiger partial charge in [0, 0.05) is 36.3 Å². The minimum atomic E-state index is -0.417. The Hall–Kier alpha value is -1.17. The number of nitrogens with zero attached hydrogens (tertiary/aromatic N) is 1. The molecule has 0 saturated carbocycles. The van der Waals surface area contributed by atoms with E-state index in [9.17, 15) is 10.1 Å². The van der Waals surface area contributed by atoms with E-state index in [1.165, 1.54) is 6.07 Å². The summed E-state index contributed by atoms with van der Waals surface area (Å²) in [6.07, 6.45) is 1.66. The maximum atomic E-state index is 11.0. The fourth-order valence-corrected chi connectivity index (χ4v) is 2.20. The highest BCUT2D eigenvalue weighted by Gasteiger charge is 2.18. The van der Waals surface area contributed by atoms with Crippen LogP contribution >= 0.6 is 11.6 Å². The number of hydrogen-bond donors (Lipinski definition) is 2. The van der Waals surface area contributed by atoms with Gasteiger partial charge in [-0.2, -0.15) is 0 Å². The van der Waals surface area contributed by atoms with E-state index >= 15 is 0 Å². The maximum Gasteiger partial charge on any atom is 0.275 e. The monoisotopic (exact) mass is 300 g/mol. The number of nitrogens with one attached hydrogen (secondary N) is 1. The summed E-state index contributed by atoms with van der Waals surface area (Å²) in [7, 11) is 0. The van der Waals surface area contributed by atoms with Gasteiger partial charge < -0.3 is 10.4 Å². The normalized spacial score (nSPS) is 11.6. The van der Waals surface area contributed by atoms with Crippen molar-refractivity contribution >= 4 is 17.3 Å². The molecule has 112 valence electrons. The van der Waals surface area contributed by atoms with Crippen LogP contribution in [-0.2, 0) is 6.54 Å². The van der Waals surface area contributed by atoms with Crippen molar-refractivity contribution in [2.24, 2.45) is 5.41 Å². The second kappa shape index (κ2) is 7.57. The molecule has 0 aliphatic rings. The van der Waals surface area contributed by atoms with Crippen molar-refractivity contribution in [2.45, 2.75) is 33.2 Å². The van der Waals surface area contributed by atoms with E-state index in [1.807, 2.05) is 0 Å². The summed E-state index contributed by atoms with van der Waals surface area (Å²) in [5.74, 6) is 0. The lowest BCUT2D eigenvalue weighted by Crippen LogP contribution is -2.29. The molecule has 0 saturated heterocycles. The third-order valence-electron chi connectivity index (χ3n) is 3.17. The van der Waals surface area contributed by atoms with Gasteiger partial charge in [0.2, 0.25) is 0 Å². The lowest BCUT2D eigenvalue weighted by Gasteiger charge is -2.24. The Balaban J connectivity index is 2.60. The number of nitro groups is 1. The highest BCUT2D eigenvalue weighted by atomic mass is 35.5. The Bertz CT molecular complexity index is 464. The molecule has 5 nitrogen and oxygen atoms in total. The van der Waals surface area contributed by atoms with Crippen molar-refractivity contribution in [3.8, 4) is 0 Å². The molecule has 6 heteroatoms. The average Bonchev–Trinajstić information content (AvgIpc) is 2.38. The second-order valence-corrected chi connectivity index (χ2v) is 6.06. The van der Waals surface area contributed by atoms with E-state index < -0.39 is 4.92 Å². The van der Waals surface area contributed by atoms with Crippen LogP contribution < -0.4 is 5.32 Å². The van der Waals surface area contributed by atoms with Gasteiger partial charge in [0.15, 0.2) is 0 Å². The molecule has 0 amide bonds. The van der Waals surface area contributed by atoms with Crippen LogP contribution in [0.3, 0.4) is 0 Å². The smallest absolute Gasteiger partial charge is 0.275 e. The molecule has 0 fully saturated rings. The van der Waals surface area contributed by atoms with E-state index in [-0.39, 0.29) is 17.7 Å². The van der Waals surface area contributed by atoms with Crippen molar-refractivity contribution in [3.05, 3.63) is 38.9 Å². The molecule has 0 aliphatic carbocycles. The van der Waals surface area contributed by atoms with Crippen molar-refractivity contribution in [1.82, 2.24) is 5.32 Å². The zero-order valence-corrected chi connectivity index (χ0v) is 12.6. The first kappa shape index (κ1) is 16.9. The van der Waals surface area contributed by atoms with Crippen molar-refractivity contribution in [2.75, 3.05) is 13.2 Å². The SMILES string of the molecule is CC(C)(CCCO)CNCc1ccc(Cl)cc1[N+](=O)[O-]. The van der Waals surface area contributed by atoms with Gasteiger partial charge in [0.25, 0.3) is 5.69 Å². The summed E-state index contributed by atoms with van der Waals surface area (Å²) in [5.41, 5.74) is 0.708. The molecule has 0 aliphatic heterocycles. The van der Waals surface area contributed by atoms with Gasteiger partial charge in [-0.25, -0.2) is 0 Å². The lowest BCUT2D eigenvalue weighted by molar-refractivity contribution is -0.385. The standard InChI is InChI=1S/C14H21ClN2O3/c1-14(2,6-3-7-18)10-16-9-11-4-5-12(15)8-13(11)17(19)20/h4-5,8,16,18H,3,6-7,9-10H2,1-2H3. The van der Waals surface area contributed by atoms with Crippen LogP contribution in [0.2, 0.25) is 5.02 Å². The second-order valence-electron chi connectivity index (χ2n) is 5.63. The molecule has 1 aromatic carbocycles. The molecule has 0 aromatic heterocycles.